The van der Waals surface area contributed by atoms with E-state index in [1.165, 1.54) is 0 Å². The highest BCUT2D eigenvalue weighted by Crippen LogP contribution is 2.29. The van der Waals surface area contributed by atoms with Crippen LogP contribution in [0.25, 0.3) is 0 Å². The van der Waals surface area contributed by atoms with Gasteiger partial charge in [0.05, 0.1) is 25.8 Å². The average molecular weight is 422 g/mol. The summed E-state index contributed by atoms with van der Waals surface area (Å²) >= 11 is 0. The molecule has 0 radical (unpaired) electrons. The Hall–Kier alpha value is -2.56. The van der Waals surface area contributed by atoms with Gasteiger partial charge in [-0.05, 0) is 20.3 Å². The van der Waals surface area contributed by atoms with Crippen molar-refractivity contribution >= 4 is 23.9 Å². The molecular weight excluding hydrogens is 392 g/mol. The van der Waals surface area contributed by atoms with Gasteiger partial charge in [0, 0.05) is 38.8 Å². The normalized spacial score (nSPS) is 29.1. The van der Waals surface area contributed by atoms with Crippen LogP contribution in [0, 0.1) is 0 Å². The summed E-state index contributed by atoms with van der Waals surface area (Å²) < 4.78 is 5.30. The van der Waals surface area contributed by atoms with E-state index < -0.39 is 12.1 Å². The fourth-order valence-electron chi connectivity index (χ4n) is 4.68. The molecule has 11 heteroatoms. The number of nitrogens with zero attached hydrogens (tertiary/aromatic N) is 4. The van der Waals surface area contributed by atoms with Crippen molar-refractivity contribution in [3.63, 3.8) is 0 Å². The van der Waals surface area contributed by atoms with Crippen molar-refractivity contribution in [2.45, 2.75) is 44.4 Å². The van der Waals surface area contributed by atoms with Gasteiger partial charge in [-0.2, -0.15) is 0 Å². The molecule has 0 aromatic heterocycles. The maximum Gasteiger partial charge on any atom is 0.320 e. The van der Waals surface area contributed by atoms with Crippen molar-refractivity contribution in [1.82, 2.24) is 30.2 Å². The molecule has 4 rings (SSSR count). The molecule has 11 nitrogen and oxygen atoms in total. The third-order valence-corrected chi connectivity index (χ3v) is 6.12. The Bertz CT molecular complexity index is 724. The van der Waals surface area contributed by atoms with Gasteiger partial charge in [-0.15, -0.1) is 0 Å². The van der Waals surface area contributed by atoms with Gasteiger partial charge in [0.1, 0.15) is 12.1 Å². The van der Waals surface area contributed by atoms with Gasteiger partial charge >= 0.3 is 12.1 Å². The number of piperazine rings is 2. The lowest BCUT2D eigenvalue weighted by molar-refractivity contribution is -0.162. The SMILES string of the molecule is CC(C)NC(=O)N[C@H]1C[C@H]2C(=O)N3CCN(C(=O)N4CCOCC4)C[C@@H]3C(=O)N2C1. The van der Waals surface area contributed by atoms with Crippen molar-refractivity contribution in [2.75, 3.05) is 52.5 Å². The number of rotatable bonds is 2. The van der Waals surface area contributed by atoms with Crippen LogP contribution in [0.4, 0.5) is 9.59 Å². The van der Waals surface area contributed by atoms with Crippen molar-refractivity contribution in [3.8, 4) is 0 Å². The highest BCUT2D eigenvalue weighted by molar-refractivity contribution is 5.98. The number of nitrogens with one attached hydrogen (secondary N) is 2. The first kappa shape index (κ1) is 20.7. The van der Waals surface area contributed by atoms with Gasteiger partial charge in [-0.1, -0.05) is 0 Å². The van der Waals surface area contributed by atoms with Crippen LogP contribution in [-0.2, 0) is 14.3 Å². The van der Waals surface area contributed by atoms with E-state index in [4.69, 9.17) is 4.74 Å². The molecule has 166 valence electrons. The number of urea groups is 2. The van der Waals surface area contributed by atoms with E-state index in [1.54, 1.807) is 19.6 Å². The molecule has 2 N–H and O–H groups in total. The Kier molecular flexibility index (Phi) is 5.72. The van der Waals surface area contributed by atoms with Crippen molar-refractivity contribution in [2.24, 2.45) is 0 Å². The number of morpholine rings is 1. The summed E-state index contributed by atoms with van der Waals surface area (Å²) in [5, 5.41) is 5.63. The molecule has 30 heavy (non-hydrogen) atoms. The number of hydrogen-bond acceptors (Lipinski definition) is 5. The highest BCUT2D eigenvalue weighted by atomic mass is 16.5. The topological polar surface area (TPSA) is 115 Å². The molecule has 0 unspecified atom stereocenters. The molecule has 4 fully saturated rings. The zero-order valence-corrected chi connectivity index (χ0v) is 17.5. The Morgan fingerprint density at radius 2 is 1.63 bits per heavy atom. The number of ether oxygens (including phenoxy) is 1. The summed E-state index contributed by atoms with van der Waals surface area (Å²) in [4.78, 5) is 57.7. The maximum absolute atomic E-state index is 13.2. The molecule has 6 amide bonds. The maximum atomic E-state index is 13.2. The second kappa shape index (κ2) is 8.29. The Balaban J connectivity index is 1.41. The summed E-state index contributed by atoms with van der Waals surface area (Å²) in [6.45, 7) is 7.12. The quantitative estimate of drug-likeness (QED) is 0.571. The summed E-state index contributed by atoms with van der Waals surface area (Å²) in [6.07, 6.45) is 0.412. The van der Waals surface area contributed by atoms with Crippen LogP contribution in [0.2, 0.25) is 0 Å². The first-order valence-electron chi connectivity index (χ1n) is 10.6. The molecule has 3 atom stereocenters. The van der Waals surface area contributed by atoms with Gasteiger partial charge in [0.15, 0.2) is 0 Å². The summed E-state index contributed by atoms with van der Waals surface area (Å²) in [6, 6.07) is -1.87. The van der Waals surface area contributed by atoms with E-state index in [2.05, 4.69) is 10.6 Å². The second-order valence-electron chi connectivity index (χ2n) is 8.59. The minimum Gasteiger partial charge on any atom is -0.378 e. The number of carbonyl (C=O) groups excluding carboxylic acids is 4. The molecule has 4 aliphatic rings. The van der Waals surface area contributed by atoms with Gasteiger partial charge in [0.25, 0.3) is 0 Å². The number of fused-ring (bicyclic) bond motifs is 2. The minimum absolute atomic E-state index is 0.00113. The van der Waals surface area contributed by atoms with Crippen LogP contribution in [-0.4, -0.2) is 120 Å². The van der Waals surface area contributed by atoms with E-state index in [-0.39, 0.29) is 42.5 Å². The molecule has 0 aromatic rings. The lowest BCUT2D eigenvalue weighted by atomic mass is 10.0. The largest absolute Gasteiger partial charge is 0.378 e. The number of carbonyl (C=O) groups is 4. The fourth-order valence-corrected chi connectivity index (χ4v) is 4.68. The van der Waals surface area contributed by atoms with Gasteiger partial charge in [0.2, 0.25) is 11.8 Å². The summed E-state index contributed by atoms with van der Waals surface area (Å²) in [7, 11) is 0. The lowest BCUT2D eigenvalue weighted by Crippen LogP contribution is -2.70. The second-order valence-corrected chi connectivity index (χ2v) is 8.59. The first-order chi connectivity index (χ1) is 14.3. The van der Waals surface area contributed by atoms with Gasteiger partial charge < -0.3 is 35.0 Å². The van der Waals surface area contributed by atoms with E-state index in [1.807, 2.05) is 13.8 Å². The minimum atomic E-state index is -0.657. The van der Waals surface area contributed by atoms with Crippen LogP contribution < -0.4 is 10.6 Å². The summed E-state index contributed by atoms with van der Waals surface area (Å²) in [5.74, 6) is -0.237. The molecule has 0 saturated carbocycles. The monoisotopic (exact) mass is 422 g/mol. The third kappa shape index (κ3) is 3.90. The highest BCUT2D eigenvalue weighted by Gasteiger charge is 2.52. The van der Waals surface area contributed by atoms with Gasteiger partial charge in [-0.25, -0.2) is 9.59 Å². The third-order valence-electron chi connectivity index (χ3n) is 6.12. The predicted octanol–water partition coefficient (Wildman–Crippen LogP) is -1.36. The van der Waals surface area contributed by atoms with Crippen molar-refractivity contribution in [3.05, 3.63) is 0 Å². The Morgan fingerprint density at radius 3 is 2.33 bits per heavy atom. The average Bonchev–Trinajstić information content (AvgIpc) is 3.15. The number of amides is 6. The zero-order valence-electron chi connectivity index (χ0n) is 17.5. The van der Waals surface area contributed by atoms with E-state index >= 15 is 0 Å². The molecule has 0 spiro atoms. The molecule has 4 heterocycles. The molecule has 4 aliphatic heterocycles. The van der Waals surface area contributed by atoms with Crippen LogP contribution >= 0.6 is 0 Å². The Labute approximate surface area is 175 Å². The van der Waals surface area contributed by atoms with E-state index in [0.717, 1.165) is 0 Å². The van der Waals surface area contributed by atoms with Crippen LogP contribution in [0.1, 0.15) is 20.3 Å². The van der Waals surface area contributed by atoms with Crippen molar-refractivity contribution in [1.29, 1.82) is 0 Å². The molecule has 0 bridgehead atoms. The molecule has 4 saturated heterocycles. The smallest absolute Gasteiger partial charge is 0.320 e. The summed E-state index contributed by atoms with van der Waals surface area (Å²) in [5.41, 5.74) is 0. The number of hydrogen-bond donors (Lipinski definition) is 2. The van der Waals surface area contributed by atoms with Crippen LogP contribution in [0.5, 0.6) is 0 Å². The molecule has 0 aliphatic carbocycles. The van der Waals surface area contributed by atoms with E-state index in [0.29, 0.717) is 52.4 Å². The first-order valence-corrected chi connectivity index (χ1v) is 10.6. The van der Waals surface area contributed by atoms with Gasteiger partial charge in [-0.3, -0.25) is 9.59 Å². The zero-order chi connectivity index (χ0) is 21.4. The standard InChI is InChI=1S/C19H30N6O5/c1-12(2)20-18(28)21-13-9-14-16(26)24-4-3-23(11-15(24)17(27)25(14)10-13)19(29)22-5-7-30-8-6-22/h12-15H,3-11H2,1-2H3,(H2,20,21,28)/t13-,14-,15+/m0/s1. The lowest BCUT2D eigenvalue weighted by Gasteiger charge is -2.48. The van der Waals surface area contributed by atoms with E-state index in [9.17, 15) is 19.2 Å². The predicted molar refractivity (Wildman–Crippen MR) is 106 cm³/mol. The molecule has 0 aromatic carbocycles. The van der Waals surface area contributed by atoms with Crippen LogP contribution in [0.15, 0.2) is 0 Å². The molecular formula is C19H30N6O5. The Morgan fingerprint density at radius 1 is 0.933 bits per heavy atom. The van der Waals surface area contributed by atoms with Crippen molar-refractivity contribution < 1.29 is 23.9 Å². The fraction of sp³-hybridized carbons (Fsp3) is 0.789. The van der Waals surface area contributed by atoms with Crippen LogP contribution in [0.3, 0.4) is 0 Å².